The van der Waals surface area contributed by atoms with Crippen LogP contribution >= 0.6 is 0 Å². The van der Waals surface area contributed by atoms with E-state index in [0.29, 0.717) is 0 Å². The quantitative estimate of drug-likeness (QED) is 0.192. The Morgan fingerprint density at radius 3 is 0.644 bits per heavy atom. The lowest BCUT2D eigenvalue weighted by Gasteiger charge is -2.46. The number of carboxylic acids is 1. The van der Waals surface area contributed by atoms with Gasteiger partial charge in [-0.1, -0.05) is 0 Å². The number of aliphatic carboxylic acids is 1. The van der Waals surface area contributed by atoms with Crippen LogP contribution in [0.1, 0.15) is 0 Å². The highest BCUT2D eigenvalue weighted by atomic mass is 19.4. The maximum absolute atomic E-state index is 13.6. The summed E-state index contributed by atoms with van der Waals surface area (Å²) in [5.41, 5.74) is 0. The molecule has 270 valence electrons. The fourth-order valence-corrected chi connectivity index (χ4v) is 2.48. The van der Waals surface area contributed by atoms with Crippen LogP contribution in [0.15, 0.2) is 0 Å². The Bertz CT molecular complexity index is 1110. The van der Waals surface area contributed by atoms with Gasteiger partial charge in [-0.05, 0) is 0 Å². The van der Waals surface area contributed by atoms with E-state index in [9.17, 15) is 128 Å². The fourth-order valence-electron chi connectivity index (χ4n) is 2.48. The van der Waals surface area contributed by atoms with Crippen LogP contribution in [0.25, 0.3) is 0 Å². The molecule has 0 aliphatic rings. The number of hydrogen-bond donors (Lipinski definition) is 1. The summed E-state index contributed by atoms with van der Waals surface area (Å²) in [5.74, 6) is -117. The van der Waals surface area contributed by atoms with E-state index in [1.807, 2.05) is 0 Å². The third-order valence-electron chi connectivity index (χ3n) is 5.25. The summed E-state index contributed by atoms with van der Waals surface area (Å²) < 4.78 is 370. The average Bonchev–Trinajstić information content (AvgIpc) is 2.81. The van der Waals surface area contributed by atoms with E-state index >= 15 is 0 Å². The van der Waals surface area contributed by atoms with Crippen LogP contribution < -0.4 is 0 Å². The lowest BCUT2D eigenvalue weighted by atomic mass is 9.83. The molecule has 0 aromatic carbocycles. The highest BCUT2D eigenvalue weighted by molar-refractivity contribution is 5.73. The Morgan fingerprint density at radius 1 is 0.333 bits per heavy atom. The molecule has 0 fully saturated rings. The number of halogens is 28. The minimum atomic E-state index is -9.92. The topological polar surface area (TPSA) is 37.3 Å². The van der Waals surface area contributed by atoms with Gasteiger partial charge in [0.05, 0.1) is 0 Å². The van der Waals surface area contributed by atoms with Gasteiger partial charge in [0, 0.05) is 0 Å². The molecule has 0 bridgehead atoms. The van der Waals surface area contributed by atoms with Crippen molar-refractivity contribution in [1.29, 1.82) is 0 Å². The second-order valence-electron chi connectivity index (χ2n) is 8.14. The Labute approximate surface area is 223 Å². The van der Waals surface area contributed by atoms with Gasteiger partial charge >= 0.3 is 83.2 Å². The van der Waals surface area contributed by atoms with Crippen molar-refractivity contribution in [2.45, 2.75) is 83.4 Å². The Morgan fingerprint density at radius 2 is 0.489 bits per heavy atom. The first kappa shape index (κ1) is 42.5. The zero-order chi connectivity index (χ0) is 37.7. The largest absolute Gasteiger partial charge is 0.479 e. The van der Waals surface area contributed by atoms with Crippen LogP contribution in [0, 0.1) is 0 Å². The number of carboxylic acid groups (broad SMARTS) is 1. The summed E-state index contributed by atoms with van der Waals surface area (Å²) in [6.45, 7) is 0. The maximum atomic E-state index is 13.6. The molecule has 30 heteroatoms. The molecule has 0 saturated heterocycles. The lowest BCUT2D eigenvalue weighted by molar-refractivity contribution is -0.485. The Hall–Kier alpha value is -2.49. The van der Waals surface area contributed by atoms with Gasteiger partial charge in [0.15, 0.2) is 0 Å². The van der Waals surface area contributed by atoms with Crippen LogP contribution in [-0.4, -0.2) is 94.5 Å². The van der Waals surface area contributed by atoms with Gasteiger partial charge in [-0.3, -0.25) is 0 Å². The van der Waals surface area contributed by atoms with Crippen molar-refractivity contribution in [2.75, 3.05) is 0 Å². The fraction of sp³-hybridized carbons (Fsp3) is 0.933. The second-order valence-corrected chi connectivity index (χ2v) is 8.14. The molecule has 0 aromatic rings. The molecule has 45 heavy (non-hydrogen) atoms. The molecular weight excluding hydrogens is 744 g/mol. The molecule has 1 atom stereocenters. The second kappa shape index (κ2) is 10.3. The highest BCUT2D eigenvalue weighted by Gasteiger charge is 3.00. The highest BCUT2D eigenvalue weighted by Crippen LogP contribution is 2.68. The molecule has 0 amide bonds. The summed E-state index contributed by atoms with van der Waals surface area (Å²) in [4.78, 5) is 9.96. The van der Waals surface area contributed by atoms with E-state index in [1.165, 1.54) is 0 Å². The molecule has 2 nitrogen and oxygen atoms in total. The van der Waals surface area contributed by atoms with Crippen LogP contribution in [-0.2, 0) is 4.79 Å². The van der Waals surface area contributed by atoms with E-state index in [1.54, 1.807) is 0 Å². The summed E-state index contributed by atoms with van der Waals surface area (Å²) >= 11 is 0. The van der Waals surface area contributed by atoms with Crippen molar-refractivity contribution in [1.82, 2.24) is 0 Å². The predicted molar refractivity (Wildman–Crippen MR) is 78.0 cm³/mol. The SMILES string of the molecule is O=C(O)C(F)C(F)(F)C(F)(F)C(F)(F)C(F)(F)C(F)(F)C(F)(F)C(F)(F)C(F)(F)C(F)(F)C(F)(F)C(F)(F)C(F)(F)C(F)(F)F. The molecule has 0 radical (unpaired) electrons. The van der Waals surface area contributed by atoms with Crippen molar-refractivity contribution >= 4 is 5.97 Å². The van der Waals surface area contributed by atoms with Crippen LogP contribution in [0.4, 0.5) is 123 Å². The van der Waals surface area contributed by atoms with Crippen molar-refractivity contribution < 1.29 is 133 Å². The number of carbonyl (C=O) groups is 1. The minimum absolute atomic E-state index is 4.09. The summed E-state index contributed by atoms with van der Waals surface area (Å²) in [5, 5.41) is 7.76. The van der Waals surface area contributed by atoms with E-state index in [-0.39, 0.29) is 0 Å². The third-order valence-corrected chi connectivity index (χ3v) is 5.25. The van der Waals surface area contributed by atoms with Crippen molar-refractivity contribution in [3.05, 3.63) is 0 Å². The van der Waals surface area contributed by atoms with E-state index in [2.05, 4.69) is 0 Å². The first-order chi connectivity index (χ1) is 18.9. The van der Waals surface area contributed by atoms with Crippen LogP contribution in [0.5, 0.6) is 0 Å². The molecule has 0 aliphatic heterocycles. The zero-order valence-electron chi connectivity index (χ0n) is 19.0. The lowest BCUT2D eigenvalue weighted by Crippen LogP contribution is -2.79. The molecule has 0 aliphatic carbocycles. The van der Waals surface area contributed by atoms with Gasteiger partial charge in [-0.25, -0.2) is 9.18 Å². The van der Waals surface area contributed by atoms with Crippen molar-refractivity contribution in [3.63, 3.8) is 0 Å². The van der Waals surface area contributed by atoms with Gasteiger partial charge in [-0.2, -0.15) is 119 Å². The zero-order valence-corrected chi connectivity index (χ0v) is 19.0. The van der Waals surface area contributed by atoms with Gasteiger partial charge < -0.3 is 5.11 Å². The normalized spacial score (nSPS) is 17.4. The summed E-state index contributed by atoms with van der Waals surface area (Å²) in [7, 11) is 0. The molecular formula is C15H2F28O2. The van der Waals surface area contributed by atoms with Gasteiger partial charge in [0.1, 0.15) is 0 Å². The molecule has 0 saturated carbocycles. The van der Waals surface area contributed by atoms with Crippen molar-refractivity contribution in [2.24, 2.45) is 0 Å². The maximum Gasteiger partial charge on any atom is 0.460 e. The van der Waals surface area contributed by atoms with Gasteiger partial charge in [-0.15, -0.1) is 0 Å². The molecule has 0 heterocycles. The van der Waals surface area contributed by atoms with Crippen LogP contribution in [0.2, 0.25) is 0 Å². The Kier molecular flexibility index (Phi) is 9.69. The molecule has 0 spiro atoms. The minimum Gasteiger partial charge on any atom is -0.479 e. The standard InChI is InChI=1S/C15H2F28O2/c16-1(2(44)45)3(17,18)4(19,20)5(21,22)6(23,24)7(25,26)8(27,28)9(29,30)10(31,32)11(33,34)12(35,36)13(37,38)14(39,40)15(41,42)43/h1H,(H,44,45). The van der Waals surface area contributed by atoms with E-state index in [0.717, 1.165) is 0 Å². The average molecular weight is 746 g/mol. The molecule has 1 unspecified atom stereocenters. The van der Waals surface area contributed by atoms with E-state index < -0.39 is 89.4 Å². The van der Waals surface area contributed by atoms with Crippen LogP contribution in [0.3, 0.4) is 0 Å². The molecule has 1 N–H and O–H groups in total. The number of hydrogen-bond acceptors (Lipinski definition) is 1. The number of rotatable bonds is 13. The monoisotopic (exact) mass is 746 g/mol. The smallest absolute Gasteiger partial charge is 0.460 e. The Balaban J connectivity index is 7.51. The molecule has 0 rings (SSSR count). The first-order valence-electron chi connectivity index (χ1n) is 9.33. The van der Waals surface area contributed by atoms with Gasteiger partial charge in [0.25, 0.3) is 6.17 Å². The summed E-state index contributed by atoms with van der Waals surface area (Å²) in [6, 6.07) is 0. The number of alkyl halides is 28. The third kappa shape index (κ3) is 4.86. The van der Waals surface area contributed by atoms with Crippen molar-refractivity contribution in [3.8, 4) is 0 Å². The summed E-state index contributed by atoms with van der Waals surface area (Å²) in [6.07, 6.45) is -14.2. The predicted octanol–water partition coefficient (Wildman–Crippen LogP) is 8.60. The van der Waals surface area contributed by atoms with Gasteiger partial charge in [0.2, 0.25) is 0 Å². The molecule has 0 aromatic heterocycles. The first-order valence-corrected chi connectivity index (χ1v) is 9.33. The van der Waals surface area contributed by atoms with E-state index in [4.69, 9.17) is 5.11 Å².